The van der Waals surface area contributed by atoms with Crippen molar-refractivity contribution >= 4 is 22.0 Å². The first-order valence-corrected chi connectivity index (χ1v) is 18.8. The molecule has 0 N–H and O–H groups in total. The van der Waals surface area contributed by atoms with E-state index >= 15 is 0 Å². The molecule has 1 aromatic carbocycles. The molecule has 0 atom stereocenters. The van der Waals surface area contributed by atoms with Gasteiger partial charge in [-0.2, -0.15) is 0 Å². The van der Waals surface area contributed by atoms with Gasteiger partial charge in [-0.15, -0.1) is 0 Å². The zero-order valence-corrected chi connectivity index (χ0v) is 20.6. The number of aryl methyl sites for hydroxylation is 1. The first kappa shape index (κ1) is 23.1. The van der Waals surface area contributed by atoms with Crippen LogP contribution in [-0.4, -0.2) is 18.4 Å². The normalized spacial score (nSPS) is 11.8. The molecule has 0 amide bonds. The molecule has 0 aliphatic heterocycles. The molecule has 0 spiro atoms. The van der Waals surface area contributed by atoms with Crippen molar-refractivity contribution < 1.29 is 0 Å². The monoisotopic (exact) mass is 452 g/mol. The second-order valence-electron chi connectivity index (χ2n) is 8.10. The summed E-state index contributed by atoms with van der Waals surface area (Å²) in [7, 11) is 0. The molecule has 1 rings (SSSR count). The van der Waals surface area contributed by atoms with Crippen LogP contribution < -0.4 is 3.58 Å². The molecule has 0 radical (unpaired) electrons. The van der Waals surface area contributed by atoms with Crippen molar-refractivity contribution in [2.75, 3.05) is 0 Å². The number of rotatable bonds is 15. The molecular weight excluding hydrogens is 407 g/mol. The Bertz CT molecular complexity index is 398. The maximum atomic E-state index is 2.58. The molecule has 0 aliphatic rings. The van der Waals surface area contributed by atoms with Crippen LogP contribution in [0.25, 0.3) is 0 Å². The van der Waals surface area contributed by atoms with E-state index < -0.39 is 18.4 Å². The molecular formula is C24H44Sn. The van der Waals surface area contributed by atoms with Crippen LogP contribution in [0, 0.1) is 0 Å². The van der Waals surface area contributed by atoms with Crippen molar-refractivity contribution in [3.63, 3.8) is 0 Å². The molecule has 0 saturated carbocycles. The number of unbranched alkanes of at least 4 members (excludes halogenated alkanes) is 6. The van der Waals surface area contributed by atoms with Gasteiger partial charge in [-0.05, 0) is 0 Å². The second kappa shape index (κ2) is 14.1. The van der Waals surface area contributed by atoms with Crippen molar-refractivity contribution in [1.29, 1.82) is 0 Å². The van der Waals surface area contributed by atoms with Gasteiger partial charge in [0, 0.05) is 0 Å². The van der Waals surface area contributed by atoms with E-state index in [0.717, 1.165) is 0 Å². The zero-order valence-electron chi connectivity index (χ0n) is 17.7. The SMILES string of the molecule is CCCCCCc1cc[c]([Sn]([CH2]CCC)([CH2]CCC)[CH2]CCC)cc1. The average Bonchev–Trinajstić information content (AvgIpc) is 2.65. The predicted molar refractivity (Wildman–Crippen MR) is 119 cm³/mol. The molecule has 0 aliphatic carbocycles. The molecule has 0 heterocycles. The summed E-state index contributed by atoms with van der Waals surface area (Å²) < 4.78 is 6.59. The van der Waals surface area contributed by atoms with Gasteiger partial charge in [0.25, 0.3) is 0 Å². The summed E-state index contributed by atoms with van der Waals surface area (Å²) in [5.41, 5.74) is 1.57. The Morgan fingerprint density at radius 3 is 1.48 bits per heavy atom. The number of hydrogen-bond acceptors (Lipinski definition) is 0. The van der Waals surface area contributed by atoms with E-state index in [-0.39, 0.29) is 0 Å². The van der Waals surface area contributed by atoms with Crippen molar-refractivity contribution in [3.8, 4) is 0 Å². The Morgan fingerprint density at radius 1 is 0.560 bits per heavy atom. The van der Waals surface area contributed by atoms with Crippen molar-refractivity contribution in [3.05, 3.63) is 29.8 Å². The molecule has 1 heteroatoms. The molecule has 25 heavy (non-hydrogen) atoms. The molecule has 0 saturated heterocycles. The molecule has 0 aromatic heterocycles. The van der Waals surface area contributed by atoms with Crippen LogP contribution in [0.5, 0.6) is 0 Å². The van der Waals surface area contributed by atoms with E-state index in [2.05, 4.69) is 52.0 Å². The van der Waals surface area contributed by atoms with Gasteiger partial charge in [0.1, 0.15) is 0 Å². The van der Waals surface area contributed by atoms with Crippen LogP contribution in [0.2, 0.25) is 13.3 Å². The van der Waals surface area contributed by atoms with Crippen LogP contribution >= 0.6 is 0 Å². The van der Waals surface area contributed by atoms with Gasteiger partial charge < -0.3 is 0 Å². The van der Waals surface area contributed by atoms with Gasteiger partial charge in [-0.3, -0.25) is 0 Å². The van der Waals surface area contributed by atoms with E-state index in [0.29, 0.717) is 0 Å². The van der Waals surface area contributed by atoms with Crippen LogP contribution in [0.1, 0.15) is 97.5 Å². The third-order valence-electron chi connectivity index (χ3n) is 5.91. The average molecular weight is 451 g/mol. The fraction of sp³-hybridized carbons (Fsp3) is 0.750. The van der Waals surface area contributed by atoms with E-state index in [1.807, 2.05) is 3.58 Å². The zero-order chi connectivity index (χ0) is 18.4. The molecule has 1 aromatic rings. The Hall–Kier alpha value is 0.0187. The van der Waals surface area contributed by atoms with Crippen molar-refractivity contribution in [1.82, 2.24) is 0 Å². The fourth-order valence-corrected chi connectivity index (χ4v) is 20.1. The molecule has 0 unspecified atom stereocenters. The number of hydrogen-bond donors (Lipinski definition) is 0. The summed E-state index contributed by atoms with van der Waals surface area (Å²) >= 11 is -2.19. The molecule has 0 fully saturated rings. The van der Waals surface area contributed by atoms with Crippen LogP contribution in [0.3, 0.4) is 0 Å². The number of benzene rings is 1. The van der Waals surface area contributed by atoms with Crippen LogP contribution in [-0.2, 0) is 6.42 Å². The van der Waals surface area contributed by atoms with Gasteiger partial charge in [0.15, 0.2) is 0 Å². The minimum atomic E-state index is -2.19. The van der Waals surface area contributed by atoms with Gasteiger partial charge in [0.05, 0.1) is 0 Å². The Labute approximate surface area is 163 Å². The summed E-state index contributed by atoms with van der Waals surface area (Å²) in [6.45, 7) is 9.41. The van der Waals surface area contributed by atoms with E-state index in [9.17, 15) is 0 Å². The first-order valence-electron chi connectivity index (χ1n) is 11.3. The minimum absolute atomic E-state index is 1.28. The maximum absolute atomic E-state index is 2.58. The standard InChI is InChI=1S/C12H17.3C4H9.Sn/c1-2-3-4-6-9-12-10-7-5-8-11-12;3*1-3-4-2;/h7-8,10-11H,2-4,6,9H2,1H3;3*1,3-4H2,2H3;. The Morgan fingerprint density at radius 2 is 1.04 bits per heavy atom. The van der Waals surface area contributed by atoms with Crippen molar-refractivity contribution in [2.45, 2.75) is 112 Å². The third kappa shape index (κ3) is 8.50. The van der Waals surface area contributed by atoms with Gasteiger partial charge in [-0.25, -0.2) is 0 Å². The van der Waals surface area contributed by atoms with E-state index in [1.165, 1.54) is 70.6 Å². The summed E-state index contributed by atoms with van der Waals surface area (Å²) in [4.78, 5) is 0. The fourth-order valence-electron chi connectivity index (χ4n) is 4.13. The van der Waals surface area contributed by atoms with E-state index in [4.69, 9.17) is 0 Å². The summed E-state index contributed by atoms with van der Waals surface area (Å²) in [5.74, 6) is 0. The molecule has 144 valence electrons. The Balaban J connectivity index is 2.86. The van der Waals surface area contributed by atoms with Crippen LogP contribution in [0.15, 0.2) is 24.3 Å². The Kier molecular flexibility index (Phi) is 13.0. The summed E-state index contributed by atoms with van der Waals surface area (Å²) in [5, 5.41) is 0. The topological polar surface area (TPSA) is 0 Å². The van der Waals surface area contributed by atoms with Crippen LogP contribution in [0.4, 0.5) is 0 Å². The summed E-state index contributed by atoms with van der Waals surface area (Å²) in [6.07, 6.45) is 15.2. The van der Waals surface area contributed by atoms with Crippen molar-refractivity contribution in [2.24, 2.45) is 0 Å². The van der Waals surface area contributed by atoms with Gasteiger partial charge >= 0.3 is 163 Å². The molecule has 0 bridgehead atoms. The second-order valence-corrected chi connectivity index (χ2v) is 21.3. The molecule has 0 nitrogen and oxygen atoms in total. The summed E-state index contributed by atoms with van der Waals surface area (Å²) in [6, 6.07) is 10.1. The van der Waals surface area contributed by atoms with Gasteiger partial charge in [-0.1, -0.05) is 0 Å². The predicted octanol–water partition coefficient (Wildman–Crippen LogP) is 7.87. The third-order valence-corrected chi connectivity index (χ3v) is 21.6. The quantitative estimate of drug-likeness (QED) is 0.188. The first-order chi connectivity index (χ1) is 12.2. The van der Waals surface area contributed by atoms with Gasteiger partial charge in [0.2, 0.25) is 0 Å². The van der Waals surface area contributed by atoms with E-state index in [1.54, 1.807) is 18.9 Å².